The van der Waals surface area contributed by atoms with E-state index >= 15 is 0 Å². The fraction of sp³-hybridized carbons (Fsp3) is 0.684. The number of carbonyl (C=O) groups excluding carboxylic acids is 1. The van der Waals surface area contributed by atoms with E-state index in [4.69, 9.17) is 5.84 Å². The number of nitrogens with zero attached hydrogens (tertiary/aromatic N) is 3. The number of hydrogen-bond acceptors (Lipinski definition) is 5. The van der Waals surface area contributed by atoms with Gasteiger partial charge in [-0.1, -0.05) is 13.8 Å². The molecule has 0 aliphatic carbocycles. The Labute approximate surface area is 167 Å². The number of fused-ring (bicyclic) bond motifs is 2. The number of nitrogens with one attached hydrogen (secondary N) is 2. The zero-order chi connectivity index (χ0) is 20.9. The Morgan fingerprint density at radius 3 is 2.66 bits per heavy atom. The van der Waals surface area contributed by atoms with Gasteiger partial charge in [0, 0.05) is 43.0 Å². The first-order chi connectivity index (χ1) is 13.7. The summed E-state index contributed by atoms with van der Waals surface area (Å²) in [7, 11) is 0. The van der Waals surface area contributed by atoms with Crippen LogP contribution in [-0.2, 0) is 4.79 Å². The molecule has 5 unspecified atom stereocenters. The van der Waals surface area contributed by atoms with Crippen LogP contribution in [0.2, 0.25) is 0 Å². The molecule has 1 aromatic rings. The highest BCUT2D eigenvalue weighted by Gasteiger charge is 2.56. The Bertz CT molecular complexity index is 796. The first-order valence-electron chi connectivity index (χ1n) is 10.0. The van der Waals surface area contributed by atoms with Gasteiger partial charge in [-0.15, -0.1) is 0 Å². The van der Waals surface area contributed by atoms with Gasteiger partial charge in [0.15, 0.2) is 0 Å². The van der Waals surface area contributed by atoms with Crippen LogP contribution in [-0.4, -0.2) is 53.5 Å². The molecule has 10 heteroatoms. The number of H-pyrrole nitrogens is 1. The topological polar surface area (TPSA) is 89.8 Å². The number of carbonyl (C=O) groups is 1. The first-order valence-corrected chi connectivity index (χ1v) is 10.0. The fourth-order valence-electron chi connectivity index (χ4n) is 5.33. The Morgan fingerprint density at radius 2 is 2.03 bits per heavy atom. The number of piperidine rings is 1. The van der Waals surface area contributed by atoms with Crippen molar-refractivity contribution in [3.8, 4) is 0 Å². The Hall–Kier alpha value is -2.07. The van der Waals surface area contributed by atoms with Crippen LogP contribution in [0.4, 0.5) is 19.0 Å². The van der Waals surface area contributed by atoms with Crippen molar-refractivity contribution < 1.29 is 18.0 Å². The van der Waals surface area contributed by atoms with Crippen molar-refractivity contribution in [3.63, 3.8) is 0 Å². The van der Waals surface area contributed by atoms with Crippen LogP contribution in [0.3, 0.4) is 0 Å². The number of rotatable bonds is 3. The summed E-state index contributed by atoms with van der Waals surface area (Å²) in [6.45, 7) is 6.51. The van der Waals surface area contributed by atoms with Gasteiger partial charge in [-0.25, -0.2) is 10.9 Å². The molecule has 0 aromatic carbocycles. The second kappa shape index (κ2) is 7.32. The van der Waals surface area contributed by atoms with Gasteiger partial charge in [0.1, 0.15) is 11.7 Å². The summed E-state index contributed by atoms with van der Waals surface area (Å²) < 4.78 is 41.8. The molecule has 29 heavy (non-hydrogen) atoms. The van der Waals surface area contributed by atoms with Crippen LogP contribution < -0.4 is 16.3 Å². The van der Waals surface area contributed by atoms with Gasteiger partial charge in [0.05, 0.1) is 6.04 Å². The molecule has 1 amide bonds. The predicted octanol–water partition coefficient (Wildman–Crippen LogP) is 2.19. The Morgan fingerprint density at radius 1 is 1.34 bits per heavy atom. The second-order valence-electron chi connectivity index (χ2n) is 8.56. The lowest BCUT2D eigenvalue weighted by atomic mass is 9.77. The molecule has 3 aliphatic heterocycles. The van der Waals surface area contributed by atoms with Crippen molar-refractivity contribution in [1.82, 2.24) is 15.4 Å². The zero-order valence-electron chi connectivity index (χ0n) is 16.5. The van der Waals surface area contributed by atoms with Crippen LogP contribution in [0, 0.1) is 17.8 Å². The molecular weight excluding hydrogens is 385 g/mol. The average Bonchev–Trinajstić information content (AvgIpc) is 3.28. The maximum atomic E-state index is 13.9. The van der Waals surface area contributed by atoms with Gasteiger partial charge in [-0.3, -0.25) is 20.2 Å². The van der Waals surface area contributed by atoms with E-state index in [0.29, 0.717) is 41.9 Å². The van der Waals surface area contributed by atoms with Gasteiger partial charge in [0.25, 0.3) is 0 Å². The summed E-state index contributed by atoms with van der Waals surface area (Å²) in [5.41, 5.74) is 2.58. The summed E-state index contributed by atoms with van der Waals surface area (Å²) >= 11 is 0. The molecular formula is C19H27F3N6O. The smallest absolute Gasteiger partial charge is 0.347 e. The van der Waals surface area contributed by atoms with E-state index in [9.17, 15) is 18.0 Å². The minimum Gasteiger partial charge on any atom is -0.347 e. The van der Waals surface area contributed by atoms with Crippen LogP contribution in [0.15, 0.2) is 17.3 Å². The molecule has 160 valence electrons. The number of amides is 1. The highest BCUT2D eigenvalue weighted by Crippen LogP contribution is 2.48. The standard InChI is InChI=1S/C19H27F3N6O/c1-10-7-11(2)9-27(8-10)28-13-4-6-24-16(13)14(12-3-5-25-17(12)28)15(18(29)26-23)19(20,21)22/h3,5,10-11,13-15,25H,4,6-9,23H2,1-2H3,(H,26,29). The van der Waals surface area contributed by atoms with Crippen molar-refractivity contribution in [2.75, 3.05) is 24.6 Å². The predicted molar refractivity (Wildman–Crippen MR) is 103 cm³/mol. The van der Waals surface area contributed by atoms with Crippen LogP contribution in [0.25, 0.3) is 0 Å². The lowest BCUT2D eigenvalue weighted by Gasteiger charge is -2.49. The van der Waals surface area contributed by atoms with Gasteiger partial charge in [0.2, 0.25) is 5.91 Å². The summed E-state index contributed by atoms with van der Waals surface area (Å²) in [4.78, 5) is 19.8. The zero-order valence-corrected chi connectivity index (χ0v) is 16.5. The number of halogens is 3. The number of alkyl halides is 3. The lowest BCUT2D eigenvalue weighted by Crippen LogP contribution is -2.60. The maximum Gasteiger partial charge on any atom is 0.401 e. The molecule has 1 aromatic heterocycles. The van der Waals surface area contributed by atoms with Crippen molar-refractivity contribution >= 4 is 17.4 Å². The summed E-state index contributed by atoms with van der Waals surface area (Å²) in [6, 6.07) is 1.34. The van der Waals surface area contributed by atoms with E-state index in [0.717, 1.165) is 19.5 Å². The van der Waals surface area contributed by atoms with Gasteiger partial charge >= 0.3 is 6.18 Å². The maximum absolute atomic E-state index is 13.9. The van der Waals surface area contributed by atoms with E-state index < -0.39 is 23.9 Å². The highest BCUT2D eigenvalue weighted by atomic mass is 19.4. The molecule has 4 heterocycles. The lowest BCUT2D eigenvalue weighted by molar-refractivity contribution is -0.184. The molecule has 0 spiro atoms. The SMILES string of the molecule is CC1CC(C)CN(N2c3[nH]ccc3C(C(C(=O)NN)C(F)(F)F)C3=NCCC32)C1. The number of hydrogen-bond donors (Lipinski definition) is 3. The average molecular weight is 412 g/mol. The molecule has 0 bridgehead atoms. The van der Waals surface area contributed by atoms with Crippen molar-refractivity contribution in [2.24, 2.45) is 28.6 Å². The Balaban J connectivity index is 1.79. The van der Waals surface area contributed by atoms with E-state index in [1.807, 2.05) is 0 Å². The van der Waals surface area contributed by atoms with Crippen molar-refractivity contribution in [3.05, 3.63) is 17.8 Å². The van der Waals surface area contributed by atoms with E-state index in [1.165, 1.54) is 0 Å². The van der Waals surface area contributed by atoms with Gasteiger partial charge < -0.3 is 4.98 Å². The quantitative estimate of drug-likeness (QED) is 0.403. The van der Waals surface area contributed by atoms with Crippen molar-refractivity contribution in [2.45, 2.75) is 44.8 Å². The Kier molecular flexibility index (Phi) is 5.10. The monoisotopic (exact) mass is 412 g/mol. The number of hydrazine groups is 2. The molecule has 7 nitrogen and oxygen atoms in total. The fourth-order valence-corrected chi connectivity index (χ4v) is 5.33. The molecule has 0 radical (unpaired) electrons. The van der Waals surface area contributed by atoms with E-state index in [-0.39, 0.29) is 6.04 Å². The van der Waals surface area contributed by atoms with Crippen molar-refractivity contribution in [1.29, 1.82) is 0 Å². The molecule has 1 saturated heterocycles. The third-order valence-corrected chi connectivity index (χ3v) is 6.24. The summed E-state index contributed by atoms with van der Waals surface area (Å²) in [6.07, 6.45) is -1.35. The third kappa shape index (κ3) is 3.42. The normalized spacial score (nSPS) is 31.1. The van der Waals surface area contributed by atoms with Crippen LogP contribution in [0.1, 0.15) is 38.2 Å². The second-order valence-corrected chi connectivity index (χ2v) is 8.56. The number of aromatic nitrogens is 1. The van der Waals surface area contributed by atoms with Gasteiger partial charge in [-0.2, -0.15) is 13.2 Å². The van der Waals surface area contributed by atoms with E-state index in [2.05, 4.69) is 33.8 Å². The number of aromatic amines is 1. The summed E-state index contributed by atoms with van der Waals surface area (Å²) in [5, 5.41) is 4.33. The first kappa shape index (κ1) is 20.2. The number of aliphatic imine (C=N–C) groups is 1. The minimum atomic E-state index is -4.74. The molecule has 4 rings (SSSR count). The third-order valence-electron chi connectivity index (χ3n) is 6.24. The minimum absolute atomic E-state index is 0.293. The van der Waals surface area contributed by atoms with E-state index in [1.54, 1.807) is 17.7 Å². The molecule has 4 N–H and O–H groups in total. The molecule has 5 atom stereocenters. The molecule has 1 fully saturated rings. The molecule has 0 saturated carbocycles. The van der Waals surface area contributed by atoms with Gasteiger partial charge in [-0.05, 0) is 30.7 Å². The highest BCUT2D eigenvalue weighted by molar-refractivity contribution is 6.05. The summed E-state index contributed by atoms with van der Waals surface area (Å²) in [5.74, 6) is 2.03. The largest absolute Gasteiger partial charge is 0.401 e. The molecule has 3 aliphatic rings. The van der Waals surface area contributed by atoms with Crippen LogP contribution >= 0.6 is 0 Å². The number of nitrogens with two attached hydrogens (primary N) is 1. The number of anilines is 1. The van der Waals surface area contributed by atoms with Crippen LogP contribution in [0.5, 0.6) is 0 Å².